The standard InChI is InChI=1S/C22H23F5N4O3/c1-14(29-9-2-10-29)31-13-18(15-3-5-17(6-4-15)33-21(23)24)28-19(31)16-7-11-30(12-8-16)34-20(32)22(25,26)27/h2-6,9,13-14,16,21H,7-8,10-12H2,1H3. The minimum atomic E-state index is -5.04. The predicted molar refractivity (Wildman–Crippen MR) is 111 cm³/mol. The van der Waals surface area contributed by atoms with E-state index in [2.05, 4.69) is 14.5 Å². The average Bonchev–Trinajstić information content (AvgIpc) is 3.18. The molecule has 1 atom stereocenters. The van der Waals surface area contributed by atoms with Crippen molar-refractivity contribution in [3.8, 4) is 17.0 Å². The molecular weight excluding hydrogens is 463 g/mol. The van der Waals surface area contributed by atoms with Gasteiger partial charge in [-0.15, -0.1) is 5.06 Å². The van der Waals surface area contributed by atoms with E-state index < -0.39 is 18.8 Å². The van der Waals surface area contributed by atoms with Crippen molar-refractivity contribution in [3.63, 3.8) is 0 Å². The fraction of sp³-hybridized carbons (Fsp3) is 0.455. The van der Waals surface area contributed by atoms with Crippen LogP contribution in [0.3, 0.4) is 0 Å². The van der Waals surface area contributed by atoms with E-state index in [1.54, 1.807) is 12.1 Å². The quantitative estimate of drug-likeness (QED) is 0.529. The first kappa shape index (κ1) is 24.0. The molecule has 0 aliphatic carbocycles. The number of piperidine rings is 1. The molecule has 0 N–H and O–H groups in total. The smallest absolute Gasteiger partial charge is 0.435 e. The highest BCUT2D eigenvalue weighted by Gasteiger charge is 2.43. The Morgan fingerprint density at radius 2 is 1.79 bits per heavy atom. The van der Waals surface area contributed by atoms with Gasteiger partial charge in [-0.25, -0.2) is 9.78 Å². The number of imidazole rings is 1. The summed E-state index contributed by atoms with van der Waals surface area (Å²) in [5.74, 6) is -1.49. The fourth-order valence-electron chi connectivity index (χ4n) is 3.99. The van der Waals surface area contributed by atoms with Crippen molar-refractivity contribution in [1.29, 1.82) is 0 Å². The van der Waals surface area contributed by atoms with Crippen molar-refractivity contribution >= 4 is 5.97 Å². The van der Waals surface area contributed by atoms with Crippen molar-refractivity contribution < 1.29 is 36.3 Å². The zero-order valence-corrected chi connectivity index (χ0v) is 18.2. The lowest BCUT2D eigenvalue weighted by molar-refractivity contribution is -0.241. The van der Waals surface area contributed by atoms with E-state index in [0.717, 1.165) is 17.4 Å². The third-order valence-corrected chi connectivity index (χ3v) is 5.89. The molecule has 1 aromatic carbocycles. The summed E-state index contributed by atoms with van der Waals surface area (Å²) < 4.78 is 68.7. The number of benzene rings is 1. The minimum absolute atomic E-state index is 0.0401. The molecule has 1 aromatic heterocycles. The molecule has 34 heavy (non-hydrogen) atoms. The van der Waals surface area contributed by atoms with Crippen LogP contribution in [-0.2, 0) is 9.63 Å². The summed E-state index contributed by atoms with van der Waals surface area (Å²) in [7, 11) is 0. The summed E-state index contributed by atoms with van der Waals surface area (Å²) in [5.41, 5.74) is 1.35. The maximum absolute atomic E-state index is 12.5. The Hall–Kier alpha value is -3.15. The van der Waals surface area contributed by atoms with Crippen molar-refractivity contribution in [2.45, 2.75) is 44.6 Å². The molecule has 2 aliphatic heterocycles. The van der Waals surface area contributed by atoms with Gasteiger partial charge < -0.3 is 19.0 Å². The van der Waals surface area contributed by atoms with Crippen LogP contribution >= 0.6 is 0 Å². The van der Waals surface area contributed by atoms with Crippen LogP contribution < -0.4 is 4.74 Å². The van der Waals surface area contributed by atoms with E-state index in [0.29, 0.717) is 24.1 Å². The van der Waals surface area contributed by atoms with Gasteiger partial charge in [0.2, 0.25) is 0 Å². The van der Waals surface area contributed by atoms with Crippen LogP contribution in [0.4, 0.5) is 22.0 Å². The molecule has 12 heteroatoms. The Balaban J connectivity index is 1.53. The summed E-state index contributed by atoms with van der Waals surface area (Å²) in [4.78, 5) is 22.5. The topological polar surface area (TPSA) is 59.8 Å². The van der Waals surface area contributed by atoms with Crippen LogP contribution in [0.2, 0.25) is 0 Å². The molecule has 0 amide bonds. The van der Waals surface area contributed by atoms with Gasteiger partial charge in [-0.2, -0.15) is 22.0 Å². The second-order valence-electron chi connectivity index (χ2n) is 8.09. The molecule has 0 bridgehead atoms. The Morgan fingerprint density at radius 1 is 1.15 bits per heavy atom. The lowest BCUT2D eigenvalue weighted by Crippen LogP contribution is -2.40. The largest absolute Gasteiger partial charge is 0.492 e. The molecule has 0 spiro atoms. The van der Waals surface area contributed by atoms with Gasteiger partial charge in [-0.05, 0) is 56.3 Å². The fourth-order valence-corrected chi connectivity index (χ4v) is 3.99. The lowest BCUT2D eigenvalue weighted by Gasteiger charge is -2.36. The summed E-state index contributed by atoms with van der Waals surface area (Å²) in [6, 6.07) is 6.16. The molecule has 4 rings (SSSR count). The normalized spacial score (nSPS) is 18.1. The van der Waals surface area contributed by atoms with E-state index in [9.17, 15) is 26.7 Å². The number of carbonyl (C=O) groups is 1. The van der Waals surface area contributed by atoms with Crippen molar-refractivity contribution in [1.82, 2.24) is 19.5 Å². The first-order valence-electron chi connectivity index (χ1n) is 10.7. The molecule has 2 aliphatic rings. The molecule has 3 heterocycles. The first-order valence-corrected chi connectivity index (χ1v) is 10.7. The van der Waals surface area contributed by atoms with Gasteiger partial charge in [-0.3, -0.25) is 0 Å². The average molecular weight is 486 g/mol. The number of hydrogen-bond donors (Lipinski definition) is 0. The molecule has 0 saturated carbocycles. The number of ether oxygens (including phenoxy) is 1. The molecule has 1 saturated heterocycles. The molecule has 0 radical (unpaired) electrons. The second-order valence-corrected chi connectivity index (χ2v) is 8.09. The minimum Gasteiger partial charge on any atom is -0.435 e. The van der Waals surface area contributed by atoms with Crippen LogP contribution in [0.1, 0.15) is 37.7 Å². The number of hydrogen-bond acceptors (Lipinski definition) is 6. The SMILES string of the molecule is CC(N1C=CC1)n1cc(-c2ccc(OC(F)F)cc2)nc1C1CCN(OC(=O)C(F)(F)F)CC1. The maximum Gasteiger partial charge on any atom is 0.492 e. The monoisotopic (exact) mass is 486 g/mol. The Kier molecular flexibility index (Phi) is 6.78. The van der Waals surface area contributed by atoms with Crippen molar-refractivity contribution in [2.24, 2.45) is 0 Å². The van der Waals surface area contributed by atoms with Crippen LogP contribution in [0.5, 0.6) is 5.75 Å². The van der Waals surface area contributed by atoms with Crippen molar-refractivity contribution in [2.75, 3.05) is 19.6 Å². The number of nitrogens with zero attached hydrogens (tertiary/aromatic N) is 4. The Morgan fingerprint density at radius 3 is 2.32 bits per heavy atom. The summed E-state index contributed by atoms with van der Waals surface area (Å²) in [6.45, 7) is 0.166. The molecule has 2 aromatic rings. The highest BCUT2D eigenvalue weighted by Crippen LogP contribution is 2.34. The van der Waals surface area contributed by atoms with Gasteiger partial charge in [0.15, 0.2) is 0 Å². The third kappa shape index (κ3) is 5.32. The van der Waals surface area contributed by atoms with Crippen molar-refractivity contribution in [3.05, 3.63) is 48.6 Å². The second kappa shape index (κ2) is 9.61. The number of halogens is 5. The van der Waals surface area contributed by atoms with Gasteiger partial charge in [0.05, 0.1) is 5.69 Å². The van der Waals surface area contributed by atoms with Gasteiger partial charge in [0, 0.05) is 37.3 Å². The Bertz CT molecular complexity index is 1030. The number of hydroxylamine groups is 2. The van der Waals surface area contributed by atoms with Gasteiger partial charge in [-0.1, -0.05) is 0 Å². The van der Waals surface area contributed by atoms with Crippen LogP contribution in [0.25, 0.3) is 11.3 Å². The van der Waals surface area contributed by atoms with E-state index in [1.165, 1.54) is 12.1 Å². The number of alkyl halides is 5. The lowest BCUT2D eigenvalue weighted by atomic mass is 9.97. The van der Waals surface area contributed by atoms with Crippen LogP contribution in [-0.4, -0.2) is 57.9 Å². The van der Waals surface area contributed by atoms with E-state index in [-0.39, 0.29) is 30.9 Å². The molecule has 1 fully saturated rings. The van der Waals surface area contributed by atoms with Crippen LogP contribution in [0.15, 0.2) is 42.7 Å². The highest BCUT2D eigenvalue weighted by atomic mass is 19.4. The third-order valence-electron chi connectivity index (χ3n) is 5.89. The number of rotatable bonds is 7. The van der Waals surface area contributed by atoms with Gasteiger partial charge in [0.25, 0.3) is 0 Å². The zero-order chi connectivity index (χ0) is 24.5. The summed E-state index contributed by atoms with van der Waals surface area (Å²) >= 11 is 0. The summed E-state index contributed by atoms with van der Waals surface area (Å²) in [5, 5.41) is 1.03. The van der Waals surface area contributed by atoms with Crippen LogP contribution in [0, 0.1) is 0 Å². The molecule has 7 nitrogen and oxygen atoms in total. The molecule has 1 unspecified atom stereocenters. The highest BCUT2D eigenvalue weighted by molar-refractivity contribution is 5.75. The number of aromatic nitrogens is 2. The number of carbonyl (C=O) groups excluding carboxylic acids is 1. The van der Waals surface area contributed by atoms with Gasteiger partial charge in [0.1, 0.15) is 17.7 Å². The predicted octanol–water partition coefficient (Wildman–Crippen LogP) is 4.70. The molecular formula is C22H23F5N4O3. The molecule has 184 valence electrons. The van der Waals surface area contributed by atoms with E-state index in [4.69, 9.17) is 4.98 Å². The first-order chi connectivity index (χ1) is 16.1. The summed E-state index contributed by atoms with van der Waals surface area (Å²) in [6.07, 6.45) is 1.66. The van der Waals surface area contributed by atoms with Gasteiger partial charge >= 0.3 is 18.8 Å². The Labute approximate surface area is 192 Å². The zero-order valence-electron chi connectivity index (χ0n) is 18.2. The van der Waals surface area contributed by atoms with E-state index in [1.807, 2.05) is 30.0 Å². The van der Waals surface area contributed by atoms with E-state index >= 15 is 0 Å². The maximum atomic E-state index is 12.5.